The van der Waals surface area contributed by atoms with Gasteiger partial charge >= 0.3 is 5.69 Å². The lowest BCUT2D eigenvalue weighted by Gasteiger charge is -2.06. The zero-order valence-corrected chi connectivity index (χ0v) is 19.3. The summed E-state index contributed by atoms with van der Waals surface area (Å²) < 4.78 is 10.3. The molecule has 0 radical (unpaired) electrons. The SMILES string of the molecule is CCCn1c(-c2cnn(Cc3nc(-c4ccc(Cl)cc4)no3)c2)nc2c1c(=O)[nH]c(=O)n2CC. The molecule has 4 aromatic heterocycles. The van der Waals surface area contributed by atoms with Crippen LogP contribution in [0.3, 0.4) is 0 Å². The van der Waals surface area contributed by atoms with E-state index >= 15 is 0 Å². The molecular weight excluding hydrogens is 460 g/mol. The van der Waals surface area contributed by atoms with Gasteiger partial charge in [0.1, 0.15) is 12.4 Å². The van der Waals surface area contributed by atoms with Gasteiger partial charge in [-0.2, -0.15) is 10.1 Å². The summed E-state index contributed by atoms with van der Waals surface area (Å²) in [5, 5.41) is 9.05. The monoisotopic (exact) mass is 480 g/mol. The Bertz CT molecular complexity index is 1590. The molecule has 0 bridgehead atoms. The Morgan fingerprint density at radius 2 is 1.85 bits per heavy atom. The zero-order chi connectivity index (χ0) is 23.8. The maximum atomic E-state index is 12.6. The van der Waals surface area contributed by atoms with Gasteiger partial charge in [0.25, 0.3) is 5.56 Å². The number of hydrogen-bond donors (Lipinski definition) is 1. The first-order valence-corrected chi connectivity index (χ1v) is 11.2. The molecule has 1 aromatic carbocycles. The molecule has 0 amide bonds. The van der Waals surface area contributed by atoms with Gasteiger partial charge in [0.05, 0.1) is 11.8 Å². The van der Waals surface area contributed by atoms with Crippen molar-refractivity contribution in [3.05, 3.63) is 68.4 Å². The van der Waals surface area contributed by atoms with Crippen LogP contribution in [0.5, 0.6) is 0 Å². The fourth-order valence-electron chi connectivity index (χ4n) is 3.87. The third kappa shape index (κ3) is 3.83. The number of H-pyrrole nitrogens is 1. The third-order valence-corrected chi connectivity index (χ3v) is 5.66. The Morgan fingerprint density at radius 1 is 1.06 bits per heavy atom. The van der Waals surface area contributed by atoms with Crippen LogP contribution in [-0.2, 0) is 19.6 Å². The number of aryl methyl sites for hydroxylation is 2. The molecule has 0 aliphatic heterocycles. The third-order valence-electron chi connectivity index (χ3n) is 5.41. The zero-order valence-electron chi connectivity index (χ0n) is 18.5. The maximum Gasteiger partial charge on any atom is 0.330 e. The summed E-state index contributed by atoms with van der Waals surface area (Å²) in [5.41, 5.74) is 1.30. The fraction of sp³-hybridized carbons (Fsp3) is 0.273. The van der Waals surface area contributed by atoms with Crippen molar-refractivity contribution in [3.8, 4) is 22.8 Å². The molecule has 4 heterocycles. The van der Waals surface area contributed by atoms with E-state index in [1.165, 1.54) is 4.57 Å². The van der Waals surface area contributed by atoms with Gasteiger partial charge in [-0.1, -0.05) is 23.7 Å². The summed E-state index contributed by atoms with van der Waals surface area (Å²) in [5.74, 6) is 1.41. The Labute approximate surface area is 197 Å². The minimum absolute atomic E-state index is 0.259. The number of nitrogens with one attached hydrogen (secondary N) is 1. The van der Waals surface area contributed by atoms with Crippen LogP contribution in [0, 0.1) is 0 Å². The summed E-state index contributed by atoms with van der Waals surface area (Å²) in [4.78, 5) is 36.3. The number of rotatable bonds is 7. The molecule has 34 heavy (non-hydrogen) atoms. The predicted molar refractivity (Wildman–Crippen MR) is 126 cm³/mol. The average molecular weight is 481 g/mol. The van der Waals surface area contributed by atoms with E-state index in [4.69, 9.17) is 16.1 Å². The van der Waals surface area contributed by atoms with Crippen LogP contribution in [0.15, 0.2) is 50.8 Å². The van der Waals surface area contributed by atoms with E-state index in [9.17, 15) is 9.59 Å². The van der Waals surface area contributed by atoms with Gasteiger partial charge in [-0.3, -0.25) is 19.0 Å². The largest absolute Gasteiger partial charge is 0.337 e. The van der Waals surface area contributed by atoms with Crippen LogP contribution in [0.2, 0.25) is 5.02 Å². The van der Waals surface area contributed by atoms with Gasteiger partial charge in [-0.15, -0.1) is 0 Å². The van der Waals surface area contributed by atoms with Gasteiger partial charge < -0.3 is 9.09 Å². The lowest BCUT2D eigenvalue weighted by Crippen LogP contribution is -2.30. The molecule has 0 fully saturated rings. The smallest absolute Gasteiger partial charge is 0.330 e. The van der Waals surface area contributed by atoms with Crippen molar-refractivity contribution in [2.45, 2.75) is 39.9 Å². The second-order valence-corrected chi connectivity index (χ2v) is 8.14. The van der Waals surface area contributed by atoms with Crippen LogP contribution in [0.4, 0.5) is 0 Å². The van der Waals surface area contributed by atoms with Crippen LogP contribution >= 0.6 is 11.6 Å². The van der Waals surface area contributed by atoms with E-state index in [0.717, 1.165) is 12.0 Å². The lowest BCUT2D eigenvalue weighted by molar-refractivity contribution is 0.366. The van der Waals surface area contributed by atoms with Gasteiger partial charge in [0, 0.05) is 29.9 Å². The van der Waals surface area contributed by atoms with Crippen molar-refractivity contribution in [3.63, 3.8) is 0 Å². The minimum atomic E-state index is -0.476. The van der Waals surface area contributed by atoms with E-state index in [1.807, 2.05) is 30.5 Å². The van der Waals surface area contributed by atoms with E-state index in [2.05, 4.69) is 25.2 Å². The molecule has 12 heteroatoms. The maximum absolute atomic E-state index is 12.6. The number of nitrogens with zero attached hydrogens (tertiary/aromatic N) is 7. The lowest BCUT2D eigenvalue weighted by atomic mass is 10.2. The molecule has 0 unspecified atom stereocenters. The molecule has 0 saturated heterocycles. The van der Waals surface area contributed by atoms with Gasteiger partial charge in [-0.25, -0.2) is 9.78 Å². The van der Waals surface area contributed by atoms with Crippen LogP contribution in [-0.4, -0.2) is 39.0 Å². The summed E-state index contributed by atoms with van der Waals surface area (Å²) in [6.45, 7) is 5.06. The van der Waals surface area contributed by atoms with E-state index in [0.29, 0.717) is 52.4 Å². The molecule has 5 rings (SSSR count). The highest BCUT2D eigenvalue weighted by molar-refractivity contribution is 6.30. The van der Waals surface area contributed by atoms with Crippen LogP contribution < -0.4 is 11.2 Å². The number of aromatic amines is 1. The van der Waals surface area contributed by atoms with Crippen LogP contribution in [0.1, 0.15) is 26.2 Å². The van der Waals surface area contributed by atoms with Crippen molar-refractivity contribution < 1.29 is 4.52 Å². The van der Waals surface area contributed by atoms with Gasteiger partial charge in [0.2, 0.25) is 11.7 Å². The van der Waals surface area contributed by atoms with Crippen molar-refractivity contribution in [1.82, 2.24) is 39.0 Å². The fourth-order valence-corrected chi connectivity index (χ4v) is 3.99. The first-order valence-electron chi connectivity index (χ1n) is 10.8. The Morgan fingerprint density at radius 3 is 2.59 bits per heavy atom. The summed E-state index contributed by atoms with van der Waals surface area (Å²) in [6.07, 6.45) is 4.24. The number of imidazole rings is 1. The van der Waals surface area contributed by atoms with Crippen molar-refractivity contribution in [1.29, 1.82) is 0 Å². The summed E-state index contributed by atoms with van der Waals surface area (Å²) >= 11 is 5.94. The second-order valence-electron chi connectivity index (χ2n) is 7.71. The normalized spacial score (nSPS) is 11.5. The first-order chi connectivity index (χ1) is 16.5. The quantitative estimate of drug-likeness (QED) is 0.379. The van der Waals surface area contributed by atoms with E-state index in [1.54, 1.807) is 29.2 Å². The summed E-state index contributed by atoms with van der Waals surface area (Å²) in [7, 11) is 0. The van der Waals surface area contributed by atoms with Gasteiger partial charge in [-0.05, 0) is 37.6 Å². The number of hydrogen-bond acceptors (Lipinski definition) is 7. The first kappa shape index (κ1) is 21.8. The topological polar surface area (TPSA) is 129 Å². The molecule has 0 spiro atoms. The molecular formula is C22H21ClN8O3. The number of fused-ring (bicyclic) bond motifs is 1. The number of aromatic nitrogens is 8. The molecule has 0 atom stereocenters. The highest BCUT2D eigenvalue weighted by Crippen LogP contribution is 2.23. The Hall–Kier alpha value is -3.99. The van der Waals surface area contributed by atoms with Crippen LogP contribution in [0.25, 0.3) is 33.9 Å². The standard InChI is InChI=1S/C22H21ClN8O3/c1-3-9-31-17-20(30(4-2)22(33)27-21(17)32)26-19(31)14-10-24-29(11-14)12-16-25-18(28-34-16)13-5-7-15(23)8-6-13/h5-8,10-11H,3-4,9,12H2,1-2H3,(H,27,32,33). The molecule has 1 N–H and O–H groups in total. The van der Waals surface area contributed by atoms with E-state index in [-0.39, 0.29) is 6.54 Å². The van der Waals surface area contributed by atoms with Crippen molar-refractivity contribution in [2.24, 2.45) is 0 Å². The molecule has 174 valence electrons. The Balaban J connectivity index is 1.49. The summed E-state index contributed by atoms with van der Waals surface area (Å²) in [6, 6.07) is 7.16. The molecule has 5 aromatic rings. The number of benzene rings is 1. The highest BCUT2D eigenvalue weighted by atomic mass is 35.5. The van der Waals surface area contributed by atoms with Crippen molar-refractivity contribution in [2.75, 3.05) is 0 Å². The molecule has 0 saturated carbocycles. The molecule has 0 aliphatic rings. The van der Waals surface area contributed by atoms with E-state index < -0.39 is 11.2 Å². The highest BCUT2D eigenvalue weighted by Gasteiger charge is 2.20. The minimum Gasteiger partial charge on any atom is -0.337 e. The second kappa shape index (κ2) is 8.75. The Kier molecular flexibility index (Phi) is 5.62. The molecule has 0 aliphatic carbocycles. The average Bonchev–Trinajstić information content (AvgIpc) is 3.55. The molecule has 11 nitrogen and oxygen atoms in total. The van der Waals surface area contributed by atoms with Crippen molar-refractivity contribution >= 4 is 22.8 Å². The number of halogens is 1. The van der Waals surface area contributed by atoms with Gasteiger partial charge in [0.15, 0.2) is 11.2 Å². The predicted octanol–water partition coefficient (Wildman–Crippen LogP) is 2.93.